The van der Waals surface area contributed by atoms with Crippen LogP contribution in [0.4, 0.5) is 0 Å². The van der Waals surface area contributed by atoms with Crippen LogP contribution >= 0.6 is 0 Å². The molecule has 0 spiro atoms. The van der Waals surface area contributed by atoms with Crippen molar-refractivity contribution in [2.45, 2.75) is 44.8 Å². The van der Waals surface area contributed by atoms with E-state index < -0.39 is 0 Å². The molecule has 2 aliphatic rings. The van der Waals surface area contributed by atoms with Crippen LogP contribution in [0.3, 0.4) is 0 Å². The predicted octanol–water partition coefficient (Wildman–Crippen LogP) is 1.50. The van der Waals surface area contributed by atoms with Crippen LogP contribution in [0, 0.1) is 6.92 Å². The van der Waals surface area contributed by atoms with Crippen molar-refractivity contribution in [3.8, 4) is 0 Å². The summed E-state index contributed by atoms with van der Waals surface area (Å²) >= 11 is 0. The number of carbonyl (C=O) groups excluding carboxylic acids is 1. The molecule has 2 atom stereocenters. The Morgan fingerprint density at radius 1 is 1.50 bits per heavy atom. The fraction of sp³-hybridized carbons (Fsp3) is 0.692. The lowest BCUT2D eigenvalue weighted by Crippen LogP contribution is -2.54. The van der Waals surface area contributed by atoms with Gasteiger partial charge >= 0.3 is 0 Å². The number of hydrogen-bond acceptors (Lipinski definition) is 3. The molecule has 1 amide bonds. The van der Waals surface area contributed by atoms with Crippen molar-refractivity contribution in [3.05, 3.63) is 17.5 Å². The summed E-state index contributed by atoms with van der Waals surface area (Å²) in [5.41, 5.74) is 1.45. The minimum atomic E-state index is 0.0413. The second-order valence-electron chi connectivity index (χ2n) is 5.20. The SMILES string of the molecule is Cc1cc(C(=O)N2CCO[C@@H]3CCCC[C@@H]32)n[nH]1. The molecule has 1 saturated carbocycles. The van der Waals surface area contributed by atoms with Gasteiger partial charge in [0.25, 0.3) is 5.91 Å². The zero-order valence-electron chi connectivity index (χ0n) is 10.7. The molecule has 5 heteroatoms. The average Bonchev–Trinajstić information content (AvgIpc) is 2.84. The van der Waals surface area contributed by atoms with Crippen molar-refractivity contribution >= 4 is 5.91 Å². The van der Waals surface area contributed by atoms with Crippen LogP contribution in [0.25, 0.3) is 0 Å². The van der Waals surface area contributed by atoms with Crippen LogP contribution in [0.15, 0.2) is 6.07 Å². The molecular weight excluding hydrogens is 230 g/mol. The van der Waals surface area contributed by atoms with Crippen molar-refractivity contribution in [2.24, 2.45) is 0 Å². The zero-order valence-corrected chi connectivity index (χ0v) is 10.7. The molecule has 3 rings (SSSR count). The Morgan fingerprint density at radius 3 is 3.11 bits per heavy atom. The number of aromatic nitrogens is 2. The highest BCUT2D eigenvalue weighted by molar-refractivity contribution is 5.92. The normalized spacial score (nSPS) is 27.9. The first-order chi connectivity index (χ1) is 8.75. The minimum absolute atomic E-state index is 0.0413. The molecule has 98 valence electrons. The molecule has 1 aromatic heterocycles. The summed E-state index contributed by atoms with van der Waals surface area (Å²) in [7, 11) is 0. The highest BCUT2D eigenvalue weighted by Crippen LogP contribution is 2.29. The van der Waals surface area contributed by atoms with Crippen LogP contribution < -0.4 is 0 Å². The van der Waals surface area contributed by atoms with Crippen LogP contribution in [-0.4, -0.2) is 46.3 Å². The monoisotopic (exact) mass is 249 g/mol. The fourth-order valence-electron chi connectivity index (χ4n) is 3.02. The number of aromatic amines is 1. The van der Waals surface area contributed by atoms with Crippen molar-refractivity contribution < 1.29 is 9.53 Å². The van der Waals surface area contributed by atoms with Gasteiger partial charge in [0.2, 0.25) is 0 Å². The van der Waals surface area contributed by atoms with Crippen LogP contribution in [0.1, 0.15) is 41.9 Å². The van der Waals surface area contributed by atoms with Gasteiger partial charge in [-0.1, -0.05) is 12.8 Å². The summed E-state index contributed by atoms with van der Waals surface area (Å²) in [6.45, 7) is 3.24. The van der Waals surface area contributed by atoms with Gasteiger partial charge in [-0.2, -0.15) is 5.10 Å². The number of hydrogen-bond donors (Lipinski definition) is 1. The molecule has 1 aromatic rings. The third-order valence-corrected chi connectivity index (χ3v) is 3.92. The second kappa shape index (κ2) is 4.72. The van der Waals surface area contributed by atoms with E-state index in [1.807, 2.05) is 17.9 Å². The molecule has 1 N–H and O–H groups in total. The molecule has 0 radical (unpaired) electrons. The van der Waals surface area contributed by atoms with Gasteiger partial charge in [-0.15, -0.1) is 0 Å². The first kappa shape index (κ1) is 11.7. The number of amides is 1. The Balaban J connectivity index is 1.79. The predicted molar refractivity (Wildman–Crippen MR) is 66.4 cm³/mol. The lowest BCUT2D eigenvalue weighted by atomic mass is 9.90. The van der Waals surface area contributed by atoms with E-state index in [0.717, 1.165) is 18.5 Å². The minimum Gasteiger partial charge on any atom is -0.374 e. The van der Waals surface area contributed by atoms with Gasteiger partial charge in [-0.05, 0) is 25.8 Å². The summed E-state index contributed by atoms with van der Waals surface area (Å²) in [4.78, 5) is 14.4. The highest BCUT2D eigenvalue weighted by Gasteiger charge is 2.37. The number of aryl methyl sites for hydroxylation is 1. The number of ether oxygens (including phenoxy) is 1. The maximum absolute atomic E-state index is 12.5. The van der Waals surface area contributed by atoms with Gasteiger partial charge in [-0.3, -0.25) is 9.89 Å². The molecule has 2 fully saturated rings. The number of H-pyrrole nitrogens is 1. The van der Waals surface area contributed by atoms with Gasteiger partial charge in [0.15, 0.2) is 0 Å². The fourth-order valence-corrected chi connectivity index (χ4v) is 3.02. The Kier molecular flexibility index (Phi) is 3.07. The summed E-state index contributed by atoms with van der Waals surface area (Å²) in [6, 6.07) is 2.06. The Hall–Kier alpha value is -1.36. The number of nitrogens with one attached hydrogen (secondary N) is 1. The van der Waals surface area contributed by atoms with E-state index in [1.54, 1.807) is 0 Å². The summed E-state index contributed by atoms with van der Waals surface area (Å²) in [6.07, 6.45) is 4.77. The van der Waals surface area contributed by atoms with E-state index in [1.165, 1.54) is 12.8 Å². The smallest absolute Gasteiger partial charge is 0.274 e. The van der Waals surface area contributed by atoms with Crippen molar-refractivity contribution in [3.63, 3.8) is 0 Å². The summed E-state index contributed by atoms with van der Waals surface area (Å²) in [5, 5.41) is 6.90. The Bertz CT molecular complexity index is 441. The van der Waals surface area contributed by atoms with Gasteiger partial charge in [-0.25, -0.2) is 0 Å². The third kappa shape index (κ3) is 2.03. The molecular formula is C13H19N3O2. The Morgan fingerprint density at radius 2 is 2.33 bits per heavy atom. The number of carbonyl (C=O) groups is 1. The number of fused-ring (bicyclic) bond motifs is 1. The highest BCUT2D eigenvalue weighted by atomic mass is 16.5. The maximum atomic E-state index is 12.5. The first-order valence-corrected chi connectivity index (χ1v) is 6.70. The Labute approximate surface area is 107 Å². The molecule has 1 aliphatic heterocycles. The lowest BCUT2D eigenvalue weighted by molar-refractivity contribution is -0.0754. The molecule has 5 nitrogen and oxygen atoms in total. The number of morpholine rings is 1. The van der Waals surface area contributed by atoms with Crippen LogP contribution in [0.5, 0.6) is 0 Å². The van der Waals surface area contributed by atoms with Crippen molar-refractivity contribution in [2.75, 3.05) is 13.2 Å². The lowest BCUT2D eigenvalue weighted by Gasteiger charge is -2.43. The average molecular weight is 249 g/mol. The number of rotatable bonds is 1. The first-order valence-electron chi connectivity index (χ1n) is 6.70. The van der Waals surface area contributed by atoms with Crippen molar-refractivity contribution in [1.29, 1.82) is 0 Å². The molecule has 2 heterocycles. The quantitative estimate of drug-likeness (QED) is 0.820. The largest absolute Gasteiger partial charge is 0.374 e. The van der Waals surface area contributed by atoms with E-state index in [2.05, 4.69) is 10.2 Å². The van der Waals surface area contributed by atoms with E-state index in [0.29, 0.717) is 18.8 Å². The van der Waals surface area contributed by atoms with Gasteiger partial charge in [0.05, 0.1) is 18.8 Å². The van der Waals surface area contributed by atoms with E-state index in [-0.39, 0.29) is 18.1 Å². The molecule has 1 saturated heterocycles. The zero-order chi connectivity index (χ0) is 12.5. The molecule has 1 aliphatic carbocycles. The molecule has 0 unspecified atom stereocenters. The maximum Gasteiger partial charge on any atom is 0.274 e. The van der Waals surface area contributed by atoms with E-state index >= 15 is 0 Å². The van der Waals surface area contributed by atoms with Crippen LogP contribution in [0.2, 0.25) is 0 Å². The molecule has 0 bridgehead atoms. The summed E-state index contributed by atoms with van der Waals surface area (Å²) < 4.78 is 5.78. The topological polar surface area (TPSA) is 58.2 Å². The van der Waals surface area contributed by atoms with E-state index in [4.69, 9.17) is 4.74 Å². The third-order valence-electron chi connectivity index (χ3n) is 3.92. The molecule has 0 aromatic carbocycles. The summed E-state index contributed by atoms with van der Waals surface area (Å²) in [5.74, 6) is 0.0413. The second-order valence-corrected chi connectivity index (χ2v) is 5.20. The van der Waals surface area contributed by atoms with Gasteiger partial charge in [0.1, 0.15) is 5.69 Å². The van der Waals surface area contributed by atoms with E-state index in [9.17, 15) is 4.79 Å². The molecule has 18 heavy (non-hydrogen) atoms. The van der Waals surface area contributed by atoms with Crippen molar-refractivity contribution in [1.82, 2.24) is 15.1 Å². The number of nitrogens with zero attached hydrogens (tertiary/aromatic N) is 2. The standard InChI is InChI=1S/C13H19N3O2/c1-9-8-10(15-14-9)13(17)16-6-7-18-12-5-3-2-4-11(12)16/h8,11-12H,2-7H2,1H3,(H,14,15)/t11-,12+/m0/s1. The van der Waals surface area contributed by atoms with Gasteiger partial charge < -0.3 is 9.64 Å². The van der Waals surface area contributed by atoms with Gasteiger partial charge in [0, 0.05) is 12.2 Å². The van der Waals surface area contributed by atoms with Crippen LogP contribution in [-0.2, 0) is 4.74 Å².